The summed E-state index contributed by atoms with van der Waals surface area (Å²) < 4.78 is 0. The molecule has 0 spiro atoms. The largest absolute Gasteiger partial charge is 0.356 e. The molecule has 0 amide bonds. The van der Waals surface area contributed by atoms with E-state index in [1.165, 1.54) is 38.6 Å². The van der Waals surface area contributed by atoms with Crippen molar-refractivity contribution in [1.82, 2.24) is 4.98 Å². The van der Waals surface area contributed by atoms with Crippen molar-refractivity contribution in [2.24, 2.45) is 11.8 Å². The first kappa shape index (κ1) is 13.4. The number of aromatic nitrogens is 1. The van der Waals surface area contributed by atoms with Gasteiger partial charge in [-0.25, -0.2) is 4.98 Å². The third-order valence-electron chi connectivity index (χ3n) is 3.76. The monoisotopic (exact) mass is 246 g/mol. The van der Waals surface area contributed by atoms with E-state index in [1.807, 2.05) is 12.3 Å². The van der Waals surface area contributed by atoms with Crippen LogP contribution in [0.3, 0.4) is 0 Å². The fraction of sp³-hybridized carbons (Fsp3) is 0.688. The van der Waals surface area contributed by atoms with Gasteiger partial charge in [0.25, 0.3) is 0 Å². The number of hydrogen-bond acceptors (Lipinski definition) is 2. The second kappa shape index (κ2) is 6.77. The van der Waals surface area contributed by atoms with E-state index < -0.39 is 0 Å². The maximum atomic E-state index is 4.52. The van der Waals surface area contributed by atoms with Crippen molar-refractivity contribution in [2.45, 2.75) is 46.0 Å². The van der Waals surface area contributed by atoms with E-state index >= 15 is 0 Å². The molecule has 100 valence electrons. The second-order valence-corrected chi connectivity index (χ2v) is 5.99. The summed E-state index contributed by atoms with van der Waals surface area (Å²) >= 11 is 0. The molecule has 0 radical (unpaired) electrons. The van der Waals surface area contributed by atoms with Crippen molar-refractivity contribution >= 4 is 5.82 Å². The van der Waals surface area contributed by atoms with E-state index in [2.05, 4.69) is 35.9 Å². The van der Waals surface area contributed by atoms with Crippen molar-refractivity contribution in [3.8, 4) is 0 Å². The minimum absolute atomic E-state index is 0.690. The first-order valence-electron chi connectivity index (χ1n) is 7.41. The van der Waals surface area contributed by atoms with E-state index in [1.54, 1.807) is 0 Å². The van der Waals surface area contributed by atoms with Gasteiger partial charge in [-0.05, 0) is 36.8 Å². The molecule has 2 nitrogen and oxygen atoms in total. The molecule has 1 aliphatic rings. The van der Waals surface area contributed by atoms with Gasteiger partial charge in [0, 0.05) is 19.3 Å². The van der Waals surface area contributed by atoms with Crippen LogP contribution in [-0.4, -0.2) is 18.1 Å². The molecular formula is C16H26N2. The molecule has 0 atom stereocenters. The lowest BCUT2D eigenvalue weighted by molar-refractivity contribution is 0.353. The number of nitrogens with zero attached hydrogens (tertiary/aromatic N) is 2. The van der Waals surface area contributed by atoms with Crippen molar-refractivity contribution < 1.29 is 0 Å². The molecule has 2 rings (SSSR count). The first-order chi connectivity index (χ1) is 8.75. The molecule has 18 heavy (non-hydrogen) atoms. The van der Waals surface area contributed by atoms with Crippen LogP contribution in [0.5, 0.6) is 0 Å². The number of anilines is 1. The zero-order valence-corrected chi connectivity index (χ0v) is 11.8. The Kier molecular flexibility index (Phi) is 5.03. The summed E-state index contributed by atoms with van der Waals surface area (Å²) in [6, 6.07) is 6.24. The van der Waals surface area contributed by atoms with Gasteiger partial charge in [-0.15, -0.1) is 0 Å². The Morgan fingerprint density at radius 1 is 1.22 bits per heavy atom. The Morgan fingerprint density at radius 2 is 2.00 bits per heavy atom. The van der Waals surface area contributed by atoms with Crippen molar-refractivity contribution in [3.63, 3.8) is 0 Å². The highest BCUT2D eigenvalue weighted by atomic mass is 15.2. The predicted octanol–water partition coefficient (Wildman–Crippen LogP) is 4.12. The molecule has 0 saturated heterocycles. The Balaban J connectivity index is 2.00. The van der Waals surface area contributed by atoms with Gasteiger partial charge >= 0.3 is 0 Å². The molecule has 1 aliphatic carbocycles. The lowest BCUT2D eigenvalue weighted by Crippen LogP contribution is -2.34. The Morgan fingerprint density at radius 3 is 2.61 bits per heavy atom. The maximum absolute atomic E-state index is 4.52. The molecule has 1 fully saturated rings. The SMILES string of the molecule is CC(C)CN(CC1CCCCC1)c1ccccn1. The summed E-state index contributed by atoms with van der Waals surface area (Å²) in [5, 5.41) is 0. The Labute approximate surface area is 111 Å². The van der Waals surface area contributed by atoms with Crippen LogP contribution >= 0.6 is 0 Å². The van der Waals surface area contributed by atoms with Gasteiger partial charge in [0.15, 0.2) is 0 Å². The van der Waals surface area contributed by atoms with Crippen LogP contribution in [-0.2, 0) is 0 Å². The van der Waals surface area contributed by atoms with Crippen LogP contribution in [0.1, 0.15) is 46.0 Å². The molecule has 0 bridgehead atoms. The molecule has 0 aliphatic heterocycles. The molecular weight excluding hydrogens is 220 g/mol. The zero-order chi connectivity index (χ0) is 12.8. The van der Waals surface area contributed by atoms with Crippen LogP contribution < -0.4 is 4.90 Å². The van der Waals surface area contributed by atoms with Crippen molar-refractivity contribution in [2.75, 3.05) is 18.0 Å². The molecule has 1 aromatic heterocycles. The zero-order valence-electron chi connectivity index (χ0n) is 11.8. The average molecular weight is 246 g/mol. The van der Waals surface area contributed by atoms with Gasteiger partial charge < -0.3 is 4.90 Å². The number of hydrogen-bond donors (Lipinski definition) is 0. The molecule has 0 unspecified atom stereocenters. The third kappa shape index (κ3) is 4.01. The van der Waals surface area contributed by atoms with Crippen molar-refractivity contribution in [1.29, 1.82) is 0 Å². The highest BCUT2D eigenvalue weighted by molar-refractivity contribution is 5.37. The van der Waals surface area contributed by atoms with E-state index in [4.69, 9.17) is 0 Å². The molecule has 0 aromatic carbocycles. The number of pyridine rings is 1. The summed E-state index contributed by atoms with van der Waals surface area (Å²) in [6.45, 7) is 6.89. The van der Waals surface area contributed by atoms with Crippen LogP contribution in [0.2, 0.25) is 0 Å². The predicted molar refractivity (Wildman–Crippen MR) is 77.9 cm³/mol. The fourth-order valence-electron chi connectivity index (χ4n) is 2.92. The van der Waals surface area contributed by atoms with Gasteiger partial charge in [0.05, 0.1) is 0 Å². The van der Waals surface area contributed by atoms with E-state index in [0.717, 1.165) is 18.3 Å². The molecule has 1 heterocycles. The highest BCUT2D eigenvalue weighted by Crippen LogP contribution is 2.26. The smallest absolute Gasteiger partial charge is 0.128 e. The van der Waals surface area contributed by atoms with E-state index in [9.17, 15) is 0 Å². The topological polar surface area (TPSA) is 16.1 Å². The minimum Gasteiger partial charge on any atom is -0.356 e. The third-order valence-corrected chi connectivity index (χ3v) is 3.76. The standard InChI is InChI=1S/C16H26N2/c1-14(2)12-18(16-10-6-7-11-17-16)13-15-8-4-3-5-9-15/h6-7,10-11,14-15H,3-5,8-9,12-13H2,1-2H3. The highest BCUT2D eigenvalue weighted by Gasteiger charge is 2.18. The normalized spacial score (nSPS) is 17.1. The summed E-state index contributed by atoms with van der Waals surface area (Å²) in [6.07, 6.45) is 8.99. The second-order valence-electron chi connectivity index (χ2n) is 5.99. The quantitative estimate of drug-likeness (QED) is 0.776. The first-order valence-corrected chi connectivity index (χ1v) is 7.41. The van der Waals surface area contributed by atoms with Crippen molar-refractivity contribution in [3.05, 3.63) is 24.4 Å². The van der Waals surface area contributed by atoms with Gasteiger partial charge in [-0.2, -0.15) is 0 Å². The van der Waals surface area contributed by atoms with Gasteiger partial charge in [0.1, 0.15) is 5.82 Å². The van der Waals surface area contributed by atoms with Gasteiger partial charge in [-0.1, -0.05) is 39.2 Å². The van der Waals surface area contributed by atoms with Crippen LogP contribution in [0.25, 0.3) is 0 Å². The fourth-order valence-corrected chi connectivity index (χ4v) is 2.92. The van der Waals surface area contributed by atoms with Gasteiger partial charge in [-0.3, -0.25) is 0 Å². The molecule has 2 heteroatoms. The van der Waals surface area contributed by atoms with Crippen LogP contribution in [0, 0.1) is 11.8 Å². The molecule has 1 aromatic rings. The van der Waals surface area contributed by atoms with Crippen LogP contribution in [0.4, 0.5) is 5.82 Å². The summed E-state index contributed by atoms with van der Waals surface area (Å²) in [7, 11) is 0. The minimum atomic E-state index is 0.690. The lowest BCUT2D eigenvalue weighted by atomic mass is 9.89. The maximum Gasteiger partial charge on any atom is 0.128 e. The number of rotatable bonds is 5. The van der Waals surface area contributed by atoms with E-state index in [-0.39, 0.29) is 0 Å². The Bertz CT molecular complexity index is 328. The molecule has 1 saturated carbocycles. The summed E-state index contributed by atoms with van der Waals surface area (Å²) in [4.78, 5) is 7.01. The van der Waals surface area contributed by atoms with E-state index in [0.29, 0.717) is 5.92 Å². The molecule has 0 N–H and O–H groups in total. The van der Waals surface area contributed by atoms with Crippen LogP contribution in [0.15, 0.2) is 24.4 Å². The summed E-state index contributed by atoms with van der Waals surface area (Å²) in [5.41, 5.74) is 0. The summed E-state index contributed by atoms with van der Waals surface area (Å²) in [5.74, 6) is 2.71. The average Bonchev–Trinajstić information content (AvgIpc) is 2.40. The Hall–Kier alpha value is -1.05. The van der Waals surface area contributed by atoms with Gasteiger partial charge in [0.2, 0.25) is 0 Å². The lowest BCUT2D eigenvalue weighted by Gasteiger charge is -2.31.